The second-order valence-corrected chi connectivity index (χ2v) is 5.10. The predicted octanol–water partition coefficient (Wildman–Crippen LogP) is 2.34. The molecule has 4 nitrogen and oxygen atoms in total. The summed E-state index contributed by atoms with van der Waals surface area (Å²) in [5.41, 5.74) is 4.96. The number of oxazole rings is 1. The van der Waals surface area contributed by atoms with Crippen LogP contribution in [-0.4, -0.2) is 10.5 Å². The molecule has 0 spiro atoms. The molecule has 0 fully saturated rings. The molecular weight excluding hydrogens is 242 g/mol. The maximum Gasteiger partial charge on any atom is 0.417 e. The van der Waals surface area contributed by atoms with Crippen LogP contribution in [0.15, 0.2) is 27.4 Å². The van der Waals surface area contributed by atoms with Crippen molar-refractivity contribution < 1.29 is 13.2 Å². The molecule has 1 aromatic carbocycles. The Morgan fingerprint density at radius 2 is 2.06 bits per heavy atom. The number of nitrogens with one attached hydrogen (secondary N) is 1. The molecular formula is C12H14F2N2O2. The van der Waals surface area contributed by atoms with Crippen LogP contribution >= 0.6 is 0 Å². The van der Waals surface area contributed by atoms with Crippen molar-refractivity contribution >= 4 is 11.1 Å². The number of benzene rings is 1. The van der Waals surface area contributed by atoms with E-state index in [0.717, 1.165) is 0 Å². The van der Waals surface area contributed by atoms with E-state index in [0.29, 0.717) is 0 Å². The molecule has 6 heteroatoms. The molecule has 3 N–H and O–H groups in total. The average Bonchev–Trinajstić information content (AvgIpc) is 2.52. The summed E-state index contributed by atoms with van der Waals surface area (Å²) in [5.74, 6) is -3.72. The molecule has 1 heterocycles. The van der Waals surface area contributed by atoms with Gasteiger partial charge in [0.1, 0.15) is 0 Å². The number of fused-ring (bicyclic) bond motifs is 1. The van der Waals surface area contributed by atoms with Gasteiger partial charge in [-0.05, 0) is 32.0 Å². The number of hydrogen-bond acceptors (Lipinski definition) is 3. The standard InChI is InChI=1S/C12H14F2N2O2/c1-11(2,15)6-12(13,14)7-3-4-9-8(5-7)16-10(17)18-9/h3-5H,6,15H2,1-2H3,(H,16,17). The van der Waals surface area contributed by atoms with E-state index in [1.54, 1.807) is 13.8 Å². The third-order valence-corrected chi connectivity index (χ3v) is 2.52. The van der Waals surface area contributed by atoms with Crippen LogP contribution in [0.1, 0.15) is 25.8 Å². The third kappa shape index (κ3) is 2.59. The molecule has 0 radical (unpaired) electrons. The van der Waals surface area contributed by atoms with Crippen LogP contribution in [-0.2, 0) is 5.92 Å². The first-order valence-electron chi connectivity index (χ1n) is 5.47. The molecule has 98 valence electrons. The SMILES string of the molecule is CC(C)(N)CC(F)(F)c1ccc2oc(=O)[nH]c2c1. The normalized spacial score (nSPS) is 13.2. The van der Waals surface area contributed by atoms with Gasteiger partial charge >= 0.3 is 5.76 Å². The smallest absolute Gasteiger partial charge is 0.408 e. The summed E-state index contributed by atoms with van der Waals surface area (Å²) in [5, 5.41) is 0. The van der Waals surface area contributed by atoms with Crippen molar-refractivity contribution in [1.29, 1.82) is 0 Å². The molecule has 18 heavy (non-hydrogen) atoms. The Hall–Kier alpha value is -1.69. The van der Waals surface area contributed by atoms with Gasteiger partial charge in [0.15, 0.2) is 5.58 Å². The number of rotatable bonds is 3. The fraction of sp³-hybridized carbons (Fsp3) is 0.417. The average molecular weight is 256 g/mol. The Balaban J connectivity index is 2.43. The molecule has 0 bridgehead atoms. The van der Waals surface area contributed by atoms with Gasteiger partial charge in [-0.3, -0.25) is 4.98 Å². The van der Waals surface area contributed by atoms with Crippen LogP contribution in [0.3, 0.4) is 0 Å². The minimum atomic E-state index is -3.05. The van der Waals surface area contributed by atoms with Crippen LogP contribution in [0.5, 0.6) is 0 Å². The van der Waals surface area contributed by atoms with Crippen LogP contribution in [0.25, 0.3) is 11.1 Å². The molecule has 0 unspecified atom stereocenters. The van der Waals surface area contributed by atoms with Gasteiger partial charge in [0, 0.05) is 17.5 Å². The van der Waals surface area contributed by atoms with Gasteiger partial charge in [-0.1, -0.05) is 0 Å². The molecule has 1 aromatic heterocycles. The first kappa shape index (κ1) is 12.8. The quantitative estimate of drug-likeness (QED) is 0.885. The van der Waals surface area contributed by atoms with Gasteiger partial charge in [-0.15, -0.1) is 0 Å². The van der Waals surface area contributed by atoms with Crippen LogP contribution in [0.2, 0.25) is 0 Å². The molecule has 0 saturated heterocycles. The Morgan fingerprint density at radius 1 is 1.39 bits per heavy atom. The maximum atomic E-state index is 14.0. The van der Waals surface area contributed by atoms with E-state index in [1.165, 1.54) is 18.2 Å². The number of halogens is 2. The van der Waals surface area contributed by atoms with Crippen LogP contribution < -0.4 is 11.5 Å². The molecule has 0 aliphatic rings. The number of nitrogens with two attached hydrogens (primary N) is 1. The summed E-state index contributed by atoms with van der Waals surface area (Å²) in [6.45, 7) is 3.08. The maximum absolute atomic E-state index is 14.0. The molecule has 0 saturated carbocycles. The largest absolute Gasteiger partial charge is 0.417 e. The number of alkyl halides is 2. The van der Waals surface area contributed by atoms with E-state index < -0.39 is 23.6 Å². The molecule has 0 atom stereocenters. The Kier molecular flexibility index (Phi) is 2.77. The lowest BCUT2D eigenvalue weighted by atomic mass is 9.93. The van der Waals surface area contributed by atoms with Gasteiger partial charge in [0.05, 0.1) is 5.52 Å². The summed E-state index contributed by atoms with van der Waals surface area (Å²) in [6.07, 6.45) is -0.479. The van der Waals surface area contributed by atoms with Crippen molar-refractivity contribution in [3.63, 3.8) is 0 Å². The lowest BCUT2D eigenvalue weighted by Crippen LogP contribution is -2.38. The topological polar surface area (TPSA) is 72.0 Å². The van der Waals surface area contributed by atoms with E-state index >= 15 is 0 Å². The number of aromatic amines is 1. The Morgan fingerprint density at radius 3 is 2.67 bits per heavy atom. The highest BCUT2D eigenvalue weighted by Crippen LogP contribution is 2.36. The summed E-state index contributed by atoms with van der Waals surface area (Å²) < 4.78 is 32.7. The molecule has 0 amide bonds. The zero-order chi connectivity index (χ0) is 13.6. The third-order valence-electron chi connectivity index (χ3n) is 2.52. The summed E-state index contributed by atoms with van der Waals surface area (Å²) in [7, 11) is 0. The van der Waals surface area contributed by atoms with Crippen molar-refractivity contribution in [3.8, 4) is 0 Å². The summed E-state index contributed by atoms with van der Waals surface area (Å²) in [6, 6.07) is 3.80. The second kappa shape index (κ2) is 3.91. The van der Waals surface area contributed by atoms with Gasteiger partial charge < -0.3 is 10.2 Å². The minimum absolute atomic E-state index is 0.189. The first-order valence-corrected chi connectivity index (χ1v) is 5.47. The molecule has 2 rings (SSSR count). The van der Waals surface area contributed by atoms with Crippen molar-refractivity contribution in [1.82, 2.24) is 4.98 Å². The Labute approximate surface area is 102 Å². The van der Waals surface area contributed by atoms with Gasteiger partial charge in [-0.2, -0.15) is 0 Å². The molecule has 2 aromatic rings. The van der Waals surface area contributed by atoms with E-state index in [9.17, 15) is 13.6 Å². The van der Waals surface area contributed by atoms with Gasteiger partial charge in [0.25, 0.3) is 5.92 Å². The summed E-state index contributed by atoms with van der Waals surface area (Å²) in [4.78, 5) is 13.3. The lowest BCUT2D eigenvalue weighted by Gasteiger charge is -2.25. The fourth-order valence-corrected chi connectivity index (χ4v) is 1.85. The monoisotopic (exact) mass is 256 g/mol. The summed E-state index contributed by atoms with van der Waals surface area (Å²) >= 11 is 0. The van der Waals surface area contributed by atoms with E-state index in [-0.39, 0.29) is 16.7 Å². The van der Waals surface area contributed by atoms with Crippen LogP contribution in [0, 0.1) is 0 Å². The minimum Gasteiger partial charge on any atom is -0.408 e. The van der Waals surface area contributed by atoms with Crippen molar-refractivity contribution in [3.05, 3.63) is 34.3 Å². The van der Waals surface area contributed by atoms with E-state index in [2.05, 4.69) is 4.98 Å². The number of H-pyrrole nitrogens is 1. The first-order chi connectivity index (χ1) is 8.17. The van der Waals surface area contributed by atoms with Crippen molar-refractivity contribution in [2.24, 2.45) is 5.73 Å². The zero-order valence-corrected chi connectivity index (χ0v) is 10.1. The Bertz CT molecular complexity index is 623. The number of hydrogen-bond donors (Lipinski definition) is 2. The zero-order valence-electron chi connectivity index (χ0n) is 10.1. The molecule has 0 aliphatic carbocycles. The predicted molar refractivity (Wildman–Crippen MR) is 63.6 cm³/mol. The fourth-order valence-electron chi connectivity index (χ4n) is 1.85. The van der Waals surface area contributed by atoms with Crippen molar-refractivity contribution in [2.45, 2.75) is 31.7 Å². The van der Waals surface area contributed by atoms with E-state index in [1.807, 2.05) is 0 Å². The van der Waals surface area contributed by atoms with Gasteiger partial charge in [0.2, 0.25) is 0 Å². The highest BCUT2D eigenvalue weighted by atomic mass is 19.3. The van der Waals surface area contributed by atoms with Gasteiger partial charge in [-0.25, -0.2) is 13.6 Å². The molecule has 0 aliphatic heterocycles. The van der Waals surface area contributed by atoms with Crippen LogP contribution in [0.4, 0.5) is 8.78 Å². The second-order valence-electron chi connectivity index (χ2n) is 5.10. The van der Waals surface area contributed by atoms with E-state index in [4.69, 9.17) is 10.2 Å². The number of aromatic nitrogens is 1. The van der Waals surface area contributed by atoms with Crippen molar-refractivity contribution in [2.75, 3.05) is 0 Å². The highest BCUT2D eigenvalue weighted by molar-refractivity contribution is 5.73. The lowest BCUT2D eigenvalue weighted by molar-refractivity contribution is -0.0294. The highest BCUT2D eigenvalue weighted by Gasteiger charge is 2.37.